The fourth-order valence-corrected chi connectivity index (χ4v) is 2.19. The number of ether oxygens (including phenoxy) is 2. The first-order valence-electron chi connectivity index (χ1n) is 6.32. The molecule has 2 unspecified atom stereocenters. The highest BCUT2D eigenvalue weighted by Gasteiger charge is 2.40. The van der Waals surface area contributed by atoms with E-state index in [0.29, 0.717) is 19.3 Å². The van der Waals surface area contributed by atoms with Crippen LogP contribution >= 0.6 is 0 Å². The topological polar surface area (TPSA) is 50.9 Å². The number of rotatable bonds is 5. The van der Waals surface area contributed by atoms with Gasteiger partial charge in [-0.15, -0.1) is 0 Å². The van der Waals surface area contributed by atoms with Crippen LogP contribution in [0.1, 0.15) is 39.0 Å². The number of nitrogens with one attached hydrogen (secondary N) is 1. The van der Waals surface area contributed by atoms with Gasteiger partial charge in [-0.05, 0) is 19.8 Å². The van der Waals surface area contributed by atoms with E-state index in [2.05, 4.69) is 5.32 Å². The second-order valence-corrected chi connectivity index (χ2v) is 4.68. The maximum atomic E-state index is 11.4. The molecule has 16 heavy (non-hydrogen) atoms. The maximum absolute atomic E-state index is 11.4. The summed E-state index contributed by atoms with van der Waals surface area (Å²) in [4.78, 5) is 11.4. The summed E-state index contributed by atoms with van der Waals surface area (Å²) in [5, 5.41) is 2.83. The molecule has 0 bridgehead atoms. The molecular formula is C12H21NO3. The van der Waals surface area contributed by atoms with Gasteiger partial charge in [-0.25, -0.2) is 0 Å². The highest BCUT2D eigenvalue weighted by atomic mass is 16.6. The summed E-state index contributed by atoms with van der Waals surface area (Å²) >= 11 is 0. The Labute approximate surface area is 96.7 Å². The van der Waals surface area contributed by atoms with Gasteiger partial charge in [0.1, 0.15) is 0 Å². The molecule has 1 aliphatic carbocycles. The Morgan fingerprint density at radius 3 is 2.69 bits per heavy atom. The Balaban J connectivity index is 1.49. The van der Waals surface area contributed by atoms with E-state index in [0.717, 1.165) is 0 Å². The number of hydrogen-bond acceptors (Lipinski definition) is 3. The standard InChI is InChI=1S/C12H21NO3/c1-9-11(16-9)12(14)13-7-8-15-10-5-3-2-4-6-10/h9-11H,2-8H2,1H3,(H,13,14). The Bertz CT molecular complexity index is 238. The Morgan fingerprint density at radius 2 is 2.06 bits per heavy atom. The predicted octanol–water partition coefficient (Wildman–Crippen LogP) is 1.24. The summed E-state index contributed by atoms with van der Waals surface area (Å²) in [7, 11) is 0. The second kappa shape index (κ2) is 5.64. The van der Waals surface area contributed by atoms with Crippen molar-refractivity contribution in [2.45, 2.75) is 57.3 Å². The quantitative estimate of drug-likeness (QED) is 0.568. The maximum Gasteiger partial charge on any atom is 0.251 e. The van der Waals surface area contributed by atoms with Gasteiger partial charge < -0.3 is 14.8 Å². The summed E-state index contributed by atoms with van der Waals surface area (Å²) in [6.07, 6.45) is 6.56. The molecule has 2 atom stereocenters. The molecule has 2 fully saturated rings. The largest absolute Gasteiger partial charge is 0.376 e. The van der Waals surface area contributed by atoms with Crippen LogP contribution in [-0.2, 0) is 14.3 Å². The van der Waals surface area contributed by atoms with E-state index < -0.39 is 0 Å². The summed E-state index contributed by atoms with van der Waals surface area (Å²) in [5.74, 6) is -0.000237. The first-order chi connectivity index (χ1) is 7.77. The lowest BCUT2D eigenvalue weighted by Crippen LogP contribution is -2.32. The predicted molar refractivity (Wildman–Crippen MR) is 60.2 cm³/mol. The third-order valence-corrected chi connectivity index (χ3v) is 3.28. The van der Waals surface area contributed by atoms with Crippen LogP contribution in [0.4, 0.5) is 0 Å². The zero-order valence-electron chi connectivity index (χ0n) is 9.91. The first kappa shape index (κ1) is 11.9. The fraction of sp³-hybridized carbons (Fsp3) is 0.917. The van der Waals surface area contributed by atoms with Crippen molar-refractivity contribution in [2.24, 2.45) is 0 Å². The molecule has 2 aliphatic rings. The van der Waals surface area contributed by atoms with Gasteiger partial charge in [-0.2, -0.15) is 0 Å². The molecule has 1 saturated heterocycles. The van der Waals surface area contributed by atoms with Crippen LogP contribution in [0, 0.1) is 0 Å². The Kier molecular flexibility index (Phi) is 4.18. The average Bonchev–Trinajstić information content (AvgIpc) is 3.03. The van der Waals surface area contributed by atoms with Crippen molar-refractivity contribution in [3.05, 3.63) is 0 Å². The summed E-state index contributed by atoms with van der Waals surface area (Å²) in [6, 6.07) is 0. The zero-order chi connectivity index (χ0) is 11.4. The zero-order valence-corrected chi connectivity index (χ0v) is 9.91. The molecule has 92 valence electrons. The van der Waals surface area contributed by atoms with Crippen LogP contribution < -0.4 is 5.32 Å². The van der Waals surface area contributed by atoms with Gasteiger partial charge in [-0.3, -0.25) is 4.79 Å². The Morgan fingerprint density at radius 1 is 1.38 bits per heavy atom. The van der Waals surface area contributed by atoms with Crippen molar-refractivity contribution in [2.75, 3.05) is 13.2 Å². The van der Waals surface area contributed by atoms with Crippen LogP contribution in [0.5, 0.6) is 0 Å². The lowest BCUT2D eigenvalue weighted by Gasteiger charge is -2.21. The number of carbonyl (C=O) groups excluding carboxylic acids is 1. The van der Waals surface area contributed by atoms with Crippen molar-refractivity contribution in [3.8, 4) is 0 Å². The van der Waals surface area contributed by atoms with E-state index >= 15 is 0 Å². The van der Waals surface area contributed by atoms with E-state index in [4.69, 9.17) is 9.47 Å². The smallest absolute Gasteiger partial charge is 0.251 e. The van der Waals surface area contributed by atoms with Gasteiger partial charge in [0.2, 0.25) is 0 Å². The van der Waals surface area contributed by atoms with Crippen LogP contribution in [0.2, 0.25) is 0 Å². The van der Waals surface area contributed by atoms with Crippen molar-refractivity contribution >= 4 is 5.91 Å². The summed E-state index contributed by atoms with van der Waals surface area (Å²) in [5.41, 5.74) is 0. The van der Waals surface area contributed by atoms with Crippen LogP contribution in [0.25, 0.3) is 0 Å². The number of amides is 1. The highest BCUT2D eigenvalue weighted by molar-refractivity contribution is 5.83. The number of epoxide rings is 1. The van der Waals surface area contributed by atoms with Crippen LogP contribution in [-0.4, -0.2) is 37.4 Å². The van der Waals surface area contributed by atoms with Gasteiger partial charge >= 0.3 is 0 Å². The van der Waals surface area contributed by atoms with Gasteiger partial charge in [0.15, 0.2) is 6.10 Å². The molecule has 1 N–H and O–H groups in total. The van der Waals surface area contributed by atoms with E-state index in [-0.39, 0.29) is 18.1 Å². The lowest BCUT2D eigenvalue weighted by atomic mass is 9.98. The summed E-state index contributed by atoms with van der Waals surface area (Å²) < 4.78 is 10.8. The Hall–Kier alpha value is -0.610. The average molecular weight is 227 g/mol. The molecule has 1 saturated carbocycles. The highest BCUT2D eigenvalue weighted by Crippen LogP contribution is 2.21. The van der Waals surface area contributed by atoms with E-state index in [1.807, 2.05) is 6.92 Å². The molecule has 0 spiro atoms. The van der Waals surface area contributed by atoms with Crippen molar-refractivity contribution in [1.29, 1.82) is 0 Å². The SMILES string of the molecule is CC1OC1C(=O)NCCOC1CCCCC1. The lowest BCUT2D eigenvalue weighted by molar-refractivity contribution is -0.122. The van der Waals surface area contributed by atoms with Crippen LogP contribution in [0.15, 0.2) is 0 Å². The minimum absolute atomic E-state index is 0.000237. The van der Waals surface area contributed by atoms with Gasteiger partial charge in [0, 0.05) is 6.54 Å². The monoisotopic (exact) mass is 227 g/mol. The first-order valence-corrected chi connectivity index (χ1v) is 6.32. The van der Waals surface area contributed by atoms with Crippen molar-refractivity contribution in [1.82, 2.24) is 5.32 Å². The van der Waals surface area contributed by atoms with Crippen molar-refractivity contribution < 1.29 is 14.3 Å². The molecule has 1 aliphatic heterocycles. The molecule has 0 aromatic rings. The third-order valence-electron chi connectivity index (χ3n) is 3.28. The number of carbonyl (C=O) groups is 1. The van der Waals surface area contributed by atoms with E-state index in [9.17, 15) is 4.79 Å². The molecule has 2 rings (SSSR count). The molecule has 1 heterocycles. The van der Waals surface area contributed by atoms with Crippen molar-refractivity contribution in [3.63, 3.8) is 0 Å². The molecule has 4 nitrogen and oxygen atoms in total. The molecule has 0 aromatic heterocycles. The third kappa shape index (κ3) is 3.46. The fourth-order valence-electron chi connectivity index (χ4n) is 2.19. The molecule has 4 heteroatoms. The molecule has 1 amide bonds. The molecule has 0 aromatic carbocycles. The minimum atomic E-state index is -0.213. The van der Waals surface area contributed by atoms with Gasteiger partial charge in [0.05, 0.1) is 18.8 Å². The van der Waals surface area contributed by atoms with Crippen LogP contribution in [0.3, 0.4) is 0 Å². The minimum Gasteiger partial charge on any atom is -0.376 e. The normalized spacial score (nSPS) is 30.1. The second-order valence-electron chi connectivity index (χ2n) is 4.68. The molecule has 0 radical (unpaired) electrons. The van der Waals surface area contributed by atoms with E-state index in [1.54, 1.807) is 0 Å². The summed E-state index contributed by atoms with van der Waals surface area (Å²) in [6.45, 7) is 3.13. The van der Waals surface area contributed by atoms with Gasteiger partial charge in [0.25, 0.3) is 5.91 Å². The van der Waals surface area contributed by atoms with Gasteiger partial charge in [-0.1, -0.05) is 19.3 Å². The number of hydrogen-bond donors (Lipinski definition) is 1. The molecular weight excluding hydrogens is 206 g/mol. The van der Waals surface area contributed by atoms with E-state index in [1.165, 1.54) is 32.1 Å².